The average molecular weight is 302 g/mol. The second kappa shape index (κ2) is 5.31. The maximum absolute atomic E-state index is 5.50. The third-order valence-corrected chi connectivity index (χ3v) is 4.92. The van der Waals surface area contributed by atoms with Gasteiger partial charge in [-0.05, 0) is 31.7 Å². The Bertz CT molecular complexity index is 647. The van der Waals surface area contributed by atoms with Gasteiger partial charge in [0.25, 0.3) is 0 Å². The van der Waals surface area contributed by atoms with E-state index in [1.54, 1.807) is 18.0 Å². The summed E-state index contributed by atoms with van der Waals surface area (Å²) >= 11 is 1.72. The van der Waals surface area contributed by atoms with Crippen LogP contribution in [-0.4, -0.2) is 19.7 Å². The Hall–Kier alpha value is -1.60. The zero-order valence-electron chi connectivity index (χ0n) is 11.7. The SMILES string of the molecule is NNc1ncccc1CSc1nnc(C2CC2)n1C1CC1. The van der Waals surface area contributed by atoms with E-state index in [4.69, 9.17) is 5.84 Å². The van der Waals surface area contributed by atoms with Crippen LogP contribution >= 0.6 is 11.8 Å². The van der Waals surface area contributed by atoms with Crippen molar-refractivity contribution in [1.29, 1.82) is 0 Å². The van der Waals surface area contributed by atoms with Gasteiger partial charge in [-0.3, -0.25) is 0 Å². The zero-order chi connectivity index (χ0) is 14.2. The van der Waals surface area contributed by atoms with Gasteiger partial charge in [-0.15, -0.1) is 10.2 Å². The first-order valence-corrected chi connectivity index (χ1v) is 8.33. The molecule has 2 fully saturated rings. The maximum atomic E-state index is 5.50. The number of nitrogens with zero attached hydrogens (tertiary/aromatic N) is 4. The van der Waals surface area contributed by atoms with Crippen molar-refractivity contribution in [2.45, 2.75) is 48.6 Å². The Balaban J connectivity index is 1.54. The lowest BCUT2D eigenvalue weighted by Crippen LogP contribution is -2.10. The number of nitrogens with one attached hydrogen (secondary N) is 1. The number of anilines is 1. The summed E-state index contributed by atoms with van der Waals surface area (Å²) in [6.45, 7) is 0. The van der Waals surface area contributed by atoms with E-state index < -0.39 is 0 Å². The molecule has 0 saturated heterocycles. The Labute approximate surface area is 127 Å². The molecule has 0 spiro atoms. The fourth-order valence-electron chi connectivity index (χ4n) is 2.51. The van der Waals surface area contributed by atoms with E-state index >= 15 is 0 Å². The molecule has 0 amide bonds. The summed E-state index contributed by atoms with van der Waals surface area (Å²) in [5.74, 6) is 8.87. The van der Waals surface area contributed by atoms with Crippen molar-refractivity contribution in [3.63, 3.8) is 0 Å². The number of hydrogen-bond donors (Lipinski definition) is 2. The van der Waals surface area contributed by atoms with E-state index in [2.05, 4.69) is 25.2 Å². The third kappa shape index (κ3) is 2.63. The van der Waals surface area contributed by atoms with Crippen LogP contribution in [0.25, 0.3) is 0 Å². The first-order chi connectivity index (χ1) is 10.4. The van der Waals surface area contributed by atoms with Crippen LogP contribution in [-0.2, 0) is 5.75 Å². The van der Waals surface area contributed by atoms with E-state index in [9.17, 15) is 0 Å². The Morgan fingerprint density at radius 1 is 1.29 bits per heavy atom. The highest BCUT2D eigenvalue weighted by atomic mass is 32.2. The smallest absolute Gasteiger partial charge is 0.191 e. The van der Waals surface area contributed by atoms with Crippen molar-refractivity contribution < 1.29 is 0 Å². The van der Waals surface area contributed by atoms with Gasteiger partial charge in [-0.1, -0.05) is 17.8 Å². The van der Waals surface area contributed by atoms with Gasteiger partial charge in [-0.25, -0.2) is 10.8 Å². The van der Waals surface area contributed by atoms with Crippen LogP contribution in [0.1, 0.15) is 49.0 Å². The topological polar surface area (TPSA) is 81.7 Å². The number of pyridine rings is 1. The molecule has 2 aliphatic rings. The van der Waals surface area contributed by atoms with Crippen LogP contribution in [0.3, 0.4) is 0 Å². The van der Waals surface area contributed by atoms with Crippen LogP contribution in [0, 0.1) is 0 Å². The number of thioether (sulfide) groups is 1. The summed E-state index contributed by atoms with van der Waals surface area (Å²) in [5.41, 5.74) is 3.73. The molecule has 6 nitrogen and oxygen atoms in total. The molecule has 7 heteroatoms. The van der Waals surface area contributed by atoms with Gasteiger partial charge in [0, 0.05) is 29.5 Å². The quantitative estimate of drug-likeness (QED) is 0.484. The van der Waals surface area contributed by atoms with Crippen molar-refractivity contribution in [1.82, 2.24) is 19.7 Å². The lowest BCUT2D eigenvalue weighted by molar-refractivity contribution is 0.627. The Kier molecular flexibility index (Phi) is 3.31. The summed E-state index contributed by atoms with van der Waals surface area (Å²) < 4.78 is 2.37. The van der Waals surface area contributed by atoms with Gasteiger partial charge in [0.2, 0.25) is 0 Å². The molecule has 3 N–H and O–H groups in total. The van der Waals surface area contributed by atoms with Gasteiger partial charge in [0.1, 0.15) is 11.6 Å². The van der Waals surface area contributed by atoms with Gasteiger partial charge in [0.15, 0.2) is 5.16 Å². The van der Waals surface area contributed by atoms with Crippen molar-refractivity contribution in [3.8, 4) is 0 Å². The number of aromatic nitrogens is 4. The number of hydrazine groups is 1. The van der Waals surface area contributed by atoms with E-state index in [0.717, 1.165) is 22.3 Å². The second-order valence-corrected chi connectivity index (χ2v) is 6.60. The molecule has 2 aromatic heterocycles. The number of rotatable bonds is 6. The average Bonchev–Trinajstić information content (AvgIpc) is 3.44. The van der Waals surface area contributed by atoms with Gasteiger partial charge < -0.3 is 9.99 Å². The van der Waals surface area contributed by atoms with Crippen LogP contribution in [0.4, 0.5) is 5.82 Å². The van der Waals surface area contributed by atoms with Crippen molar-refractivity contribution in [2.75, 3.05) is 5.43 Å². The molecule has 2 saturated carbocycles. The lowest BCUT2D eigenvalue weighted by Gasteiger charge is -2.09. The Morgan fingerprint density at radius 2 is 2.14 bits per heavy atom. The largest absolute Gasteiger partial charge is 0.308 e. The van der Waals surface area contributed by atoms with E-state index in [1.165, 1.54) is 31.5 Å². The number of nitrogen functional groups attached to an aromatic ring is 1. The highest BCUT2D eigenvalue weighted by Gasteiger charge is 2.36. The molecule has 21 heavy (non-hydrogen) atoms. The van der Waals surface area contributed by atoms with E-state index in [-0.39, 0.29) is 0 Å². The molecule has 0 atom stereocenters. The minimum absolute atomic E-state index is 0.624. The lowest BCUT2D eigenvalue weighted by atomic mass is 10.3. The number of hydrogen-bond acceptors (Lipinski definition) is 6. The molecule has 2 heterocycles. The van der Waals surface area contributed by atoms with Gasteiger partial charge >= 0.3 is 0 Å². The third-order valence-electron chi connectivity index (χ3n) is 3.93. The van der Waals surface area contributed by atoms with Crippen molar-refractivity contribution >= 4 is 17.6 Å². The molecule has 0 aromatic carbocycles. The maximum Gasteiger partial charge on any atom is 0.191 e. The zero-order valence-corrected chi connectivity index (χ0v) is 12.5. The monoisotopic (exact) mass is 302 g/mol. The van der Waals surface area contributed by atoms with Crippen LogP contribution in [0.5, 0.6) is 0 Å². The molecule has 0 bridgehead atoms. The predicted octanol–water partition coefficient (Wildman–Crippen LogP) is 2.46. The van der Waals surface area contributed by atoms with Gasteiger partial charge in [-0.2, -0.15) is 0 Å². The van der Waals surface area contributed by atoms with E-state index in [1.807, 2.05) is 12.1 Å². The highest BCUT2D eigenvalue weighted by molar-refractivity contribution is 7.98. The van der Waals surface area contributed by atoms with Crippen LogP contribution < -0.4 is 11.3 Å². The Morgan fingerprint density at radius 3 is 2.86 bits per heavy atom. The van der Waals surface area contributed by atoms with Crippen molar-refractivity contribution in [2.24, 2.45) is 5.84 Å². The fourth-order valence-corrected chi connectivity index (χ4v) is 3.51. The second-order valence-electron chi connectivity index (χ2n) is 5.66. The molecule has 0 unspecified atom stereocenters. The first kappa shape index (κ1) is 13.1. The van der Waals surface area contributed by atoms with Gasteiger partial charge in [0.05, 0.1) is 0 Å². The minimum Gasteiger partial charge on any atom is -0.308 e. The summed E-state index contributed by atoms with van der Waals surface area (Å²) in [5, 5.41) is 9.88. The summed E-state index contributed by atoms with van der Waals surface area (Å²) in [7, 11) is 0. The molecule has 110 valence electrons. The van der Waals surface area contributed by atoms with Crippen LogP contribution in [0.15, 0.2) is 23.5 Å². The first-order valence-electron chi connectivity index (χ1n) is 7.35. The molecule has 2 aromatic rings. The molecule has 2 aliphatic carbocycles. The highest BCUT2D eigenvalue weighted by Crippen LogP contribution is 2.46. The van der Waals surface area contributed by atoms with E-state index in [0.29, 0.717) is 12.0 Å². The standard InChI is InChI=1S/C14H18N6S/c15-17-12-10(2-1-7-16-12)8-21-14-19-18-13(9-3-4-9)20(14)11-5-6-11/h1-2,7,9,11H,3-6,8,15H2,(H,16,17). The summed E-state index contributed by atoms with van der Waals surface area (Å²) in [6.07, 6.45) is 6.78. The minimum atomic E-state index is 0.624. The molecular formula is C14H18N6S. The molecule has 0 radical (unpaired) electrons. The normalized spacial score (nSPS) is 18.0. The fraction of sp³-hybridized carbons (Fsp3) is 0.500. The molecule has 4 rings (SSSR count). The molecule has 0 aliphatic heterocycles. The van der Waals surface area contributed by atoms with Crippen molar-refractivity contribution in [3.05, 3.63) is 29.7 Å². The summed E-state index contributed by atoms with van der Waals surface area (Å²) in [4.78, 5) is 4.23. The predicted molar refractivity (Wildman–Crippen MR) is 81.9 cm³/mol. The molecular weight excluding hydrogens is 284 g/mol. The summed E-state index contributed by atoms with van der Waals surface area (Å²) in [6, 6.07) is 4.59. The number of nitrogens with two attached hydrogens (primary N) is 1. The van der Waals surface area contributed by atoms with Crippen LogP contribution in [0.2, 0.25) is 0 Å².